The van der Waals surface area contributed by atoms with Crippen LogP contribution in [0, 0.1) is 31.6 Å². The molecule has 0 aromatic heterocycles. The van der Waals surface area contributed by atoms with E-state index in [-0.39, 0.29) is 18.3 Å². The Balaban J connectivity index is 1.61. The van der Waals surface area contributed by atoms with Crippen LogP contribution < -0.4 is 0 Å². The number of ether oxygens (including phenoxy) is 1. The van der Waals surface area contributed by atoms with Crippen molar-refractivity contribution < 1.29 is 33.9 Å². The zero-order valence-electron chi connectivity index (χ0n) is 22.2. The number of carbonyl (C=O) groups excluding carboxylic acids is 3. The molecule has 1 aromatic carbocycles. The summed E-state index contributed by atoms with van der Waals surface area (Å²) in [7, 11) is 0.101. The van der Waals surface area contributed by atoms with Gasteiger partial charge in [-0.15, -0.1) is 0 Å². The second-order valence-electron chi connectivity index (χ2n) is 10.6. The minimum Gasteiger partial charge on any atom is -0.507 e. The molecule has 3 aliphatic rings. The molecule has 9 heteroatoms. The number of likely N-dealkylation sites (tertiary alicyclic amines) is 1. The first kappa shape index (κ1) is 27.1. The van der Waals surface area contributed by atoms with E-state index in [0.717, 1.165) is 53.4 Å². The van der Waals surface area contributed by atoms with Gasteiger partial charge in [0.15, 0.2) is 0 Å². The molecule has 0 unspecified atom stereocenters. The van der Waals surface area contributed by atoms with Crippen LogP contribution in [0.1, 0.15) is 62.6 Å². The molecule has 4 rings (SSSR count). The minimum atomic E-state index is -1.05. The van der Waals surface area contributed by atoms with Gasteiger partial charge < -0.3 is 19.5 Å². The lowest BCUT2D eigenvalue weighted by Gasteiger charge is -2.43. The Bertz CT molecular complexity index is 1150. The number of aromatic hydroxyl groups is 1. The van der Waals surface area contributed by atoms with Crippen molar-refractivity contribution in [3.63, 3.8) is 0 Å². The molecular formula is C28H36BNO7. The van der Waals surface area contributed by atoms with Gasteiger partial charge in [-0.05, 0) is 93.1 Å². The molecular weight excluding hydrogens is 473 g/mol. The van der Waals surface area contributed by atoms with Gasteiger partial charge in [-0.2, -0.15) is 4.90 Å². The van der Waals surface area contributed by atoms with E-state index >= 15 is 0 Å². The Morgan fingerprint density at radius 1 is 1.22 bits per heavy atom. The Morgan fingerprint density at radius 3 is 2.51 bits per heavy atom. The van der Waals surface area contributed by atoms with Gasteiger partial charge in [0.05, 0.1) is 25.0 Å². The molecule has 1 aromatic rings. The fraction of sp³-hybridized carbons (Fsp3) is 0.536. The molecule has 4 atom stereocenters. The molecule has 0 saturated carbocycles. The van der Waals surface area contributed by atoms with Gasteiger partial charge in [0.1, 0.15) is 5.75 Å². The topological polar surface area (TPSA) is 113 Å². The maximum atomic E-state index is 13.3. The average molecular weight is 509 g/mol. The number of methoxy groups -OCH3 is 1. The fourth-order valence-corrected chi connectivity index (χ4v) is 6.36. The Labute approximate surface area is 218 Å². The first-order valence-corrected chi connectivity index (χ1v) is 13.1. The molecule has 0 bridgehead atoms. The molecule has 8 nitrogen and oxygen atoms in total. The van der Waals surface area contributed by atoms with Crippen LogP contribution in [0.3, 0.4) is 0 Å². The van der Waals surface area contributed by atoms with Crippen molar-refractivity contribution in [3.8, 4) is 5.75 Å². The summed E-state index contributed by atoms with van der Waals surface area (Å²) in [5, 5.41) is 20.7. The summed E-state index contributed by atoms with van der Waals surface area (Å²) in [5.74, 6) is -2.40. The number of hydrogen-bond acceptors (Lipinski definition) is 7. The molecule has 2 saturated heterocycles. The van der Waals surface area contributed by atoms with Crippen LogP contribution >= 0.6 is 0 Å². The summed E-state index contributed by atoms with van der Waals surface area (Å²) in [6, 6.07) is 3.89. The number of amides is 3. The van der Waals surface area contributed by atoms with Crippen molar-refractivity contribution in [3.05, 3.63) is 45.5 Å². The number of fused-ring (bicyclic) bond motifs is 3. The summed E-state index contributed by atoms with van der Waals surface area (Å²) < 4.78 is 10.7. The summed E-state index contributed by atoms with van der Waals surface area (Å²) in [6.45, 7) is 7.86. The van der Waals surface area contributed by atoms with E-state index in [2.05, 4.69) is 13.0 Å². The number of hydrogen-bond donors (Lipinski definition) is 2. The Hall–Kier alpha value is -2.91. The monoisotopic (exact) mass is 509 g/mol. The second-order valence-corrected chi connectivity index (χ2v) is 10.6. The summed E-state index contributed by atoms with van der Waals surface area (Å²) >= 11 is 0. The molecule has 2 N–H and O–H groups in total. The van der Waals surface area contributed by atoms with Gasteiger partial charge in [0, 0.05) is 0 Å². The quantitative estimate of drug-likeness (QED) is 0.329. The number of allylic oxidation sites excluding steroid dienone is 2. The Kier molecular flexibility index (Phi) is 7.95. The van der Waals surface area contributed by atoms with Crippen LogP contribution in [0.25, 0.3) is 6.08 Å². The third-order valence-electron chi connectivity index (χ3n) is 7.94. The van der Waals surface area contributed by atoms with Crippen LogP contribution in [0.5, 0.6) is 5.75 Å². The maximum absolute atomic E-state index is 13.3. The van der Waals surface area contributed by atoms with Crippen LogP contribution in [-0.2, 0) is 19.0 Å². The van der Waals surface area contributed by atoms with Gasteiger partial charge >= 0.3 is 13.2 Å². The van der Waals surface area contributed by atoms with Gasteiger partial charge in [0.25, 0.3) is 0 Å². The van der Waals surface area contributed by atoms with E-state index in [0.29, 0.717) is 29.9 Å². The molecule has 2 aliphatic heterocycles. The van der Waals surface area contributed by atoms with Gasteiger partial charge in [-0.1, -0.05) is 30.6 Å². The fourth-order valence-electron chi connectivity index (χ4n) is 6.36. The van der Waals surface area contributed by atoms with Gasteiger partial charge in [0.2, 0.25) is 11.8 Å². The highest BCUT2D eigenvalue weighted by Crippen LogP contribution is 2.51. The van der Waals surface area contributed by atoms with Crippen molar-refractivity contribution >= 4 is 31.1 Å². The number of nitrogens with zero attached hydrogens (tertiary/aromatic N) is 1. The molecule has 2 fully saturated rings. The maximum Gasteiger partial charge on any atom is 0.455 e. The molecule has 0 spiro atoms. The van der Waals surface area contributed by atoms with Crippen molar-refractivity contribution in [2.75, 3.05) is 7.11 Å². The zero-order valence-corrected chi connectivity index (χ0v) is 22.2. The van der Waals surface area contributed by atoms with E-state index in [9.17, 15) is 24.5 Å². The third kappa shape index (κ3) is 5.11. The van der Waals surface area contributed by atoms with E-state index in [4.69, 9.17) is 9.39 Å². The normalized spacial score (nSPS) is 25.9. The van der Waals surface area contributed by atoms with E-state index in [1.807, 2.05) is 32.9 Å². The van der Waals surface area contributed by atoms with Crippen LogP contribution in [0.4, 0.5) is 4.79 Å². The smallest absolute Gasteiger partial charge is 0.455 e. The Morgan fingerprint density at radius 2 is 1.89 bits per heavy atom. The molecule has 198 valence electrons. The predicted octanol–water partition coefficient (Wildman–Crippen LogP) is 4.56. The van der Waals surface area contributed by atoms with Gasteiger partial charge in [-0.25, -0.2) is 4.79 Å². The zero-order chi connectivity index (χ0) is 27.0. The van der Waals surface area contributed by atoms with E-state index < -0.39 is 36.9 Å². The third-order valence-corrected chi connectivity index (χ3v) is 7.94. The number of benzene rings is 1. The van der Waals surface area contributed by atoms with Crippen molar-refractivity contribution in [1.82, 2.24) is 4.90 Å². The largest absolute Gasteiger partial charge is 0.507 e. The highest BCUT2D eigenvalue weighted by atomic mass is 16.5. The SMILES string of the molecule is CCCC1=C2[C@@H](CC/C(C)=C/c3cc(C)c(O)c(C)c3)OB(O)C[C@@H]2[C@@H]2C(=O)N(C(=O)OC)C(=O)[C@@H]2C1. The predicted molar refractivity (Wildman–Crippen MR) is 139 cm³/mol. The van der Waals surface area contributed by atoms with Crippen LogP contribution in [0.15, 0.2) is 28.9 Å². The van der Waals surface area contributed by atoms with Crippen molar-refractivity contribution in [2.24, 2.45) is 17.8 Å². The van der Waals surface area contributed by atoms with Crippen LogP contribution in [-0.4, -0.2) is 53.3 Å². The number of rotatable bonds is 6. The van der Waals surface area contributed by atoms with E-state index in [1.54, 1.807) is 0 Å². The standard InChI is InChI=1S/C28H36BNO7/c1-6-7-19-13-20-24(27(33)30(26(20)32)28(34)36-5)21-14-29(35)37-22(23(19)21)9-8-15(2)10-18-11-16(3)25(31)17(4)12-18/h10-12,20-22,24,31,35H,6-9,13-14H2,1-5H3/b15-10+/t20-,21+,22-,24-/m1/s1. The molecule has 37 heavy (non-hydrogen) atoms. The first-order chi connectivity index (χ1) is 17.6. The number of carbonyl (C=O) groups is 3. The number of imide groups is 3. The highest BCUT2D eigenvalue weighted by molar-refractivity contribution is 6.43. The van der Waals surface area contributed by atoms with Crippen molar-refractivity contribution in [1.29, 1.82) is 0 Å². The van der Waals surface area contributed by atoms with Crippen LogP contribution in [0.2, 0.25) is 6.32 Å². The summed E-state index contributed by atoms with van der Waals surface area (Å²) in [4.78, 5) is 39.2. The lowest BCUT2D eigenvalue weighted by molar-refractivity contribution is -0.137. The van der Waals surface area contributed by atoms with Crippen molar-refractivity contribution in [2.45, 2.75) is 72.2 Å². The highest BCUT2D eigenvalue weighted by Gasteiger charge is 2.59. The molecule has 3 amide bonds. The molecule has 0 radical (unpaired) electrons. The lowest BCUT2D eigenvalue weighted by atomic mass is 9.58. The summed E-state index contributed by atoms with van der Waals surface area (Å²) in [6.07, 6.45) is 4.36. The number of phenolic OH excluding ortho intramolecular Hbond substituents is 1. The number of phenols is 1. The average Bonchev–Trinajstić information content (AvgIpc) is 3.10. The summed E-state index contributed by atoms with van der Waals surface area (Å²) in [5.41, 5.74) is 5.90. The second kappa shape index (κ2) is 10.8. The minimum absolute atomic E-state index is 0.217. The lowest BCUT2D eigenvalue weighted by Crippen LogP contribution is -2.46. The van der Waals surface area contributed by atoms with E-state index in [1.165, 1.54) is 0 Å². The van der Waals surface area contributed by atoms with Gasteiger partial charge in [-0.3, -0.25) is 9.59 Å². The first-order valence-electron chi connectivity index (χ1n) is 13.1. The molecule has 1 aliphatic carbocycles. The molecule has 2 heterocycles. The number of aryl methyl sites for hydroxylation is 2.